The molecule has 1 aliphatic heterocycles. The predicted molar refractivity (Wildman–Crippen MR) is 82.4 cm³/mol. The Morgan fingerprint density at radius 2 is 2.12 bits per heavy atom. The Labute approximate surface area is 140 Å². The smallest absolute Gasteiger partial charge is 0.418 e. The highest BCUT2D eigenvalue weighted by molar-refractivity contribution is 8.29. The Bertz CT molecular complexity index is 803. The molecule has 11 heteroatoms. The first-order valence-corrected chi connectivity index (χ1v) is 8.37. The van der Waals surface area contributed by atoms with Crippen molar-refractivity contribution in [3.8, 4) is 0 Å². The third-order valence-corrected chi connectivity index (χ3v) is 6.37. The number of carbonyl (C=O) groups is 1. The van der Waals surface area contributed by atoms with Crippen molar-refractivity contribution in [2.75, 3.05) is 5.75 Å². The van der Waals surface area contributed by atoms with Gasteiger partial charge in [-0.2, -0.15) is 33.8 Å². The quantitative estimate of drug-likeness (QED) is 0.616. The molecule has 0 saturated carbocycles. The predicted octanol–water partition coefficient (Wildman–Crippen LogP) is 3.17. The van der Waals surface area contributed by atoms with Gasteiger partial charge < -0.3 is 5.11 Å². The number of rotatable bonds is 4. The number of carboxylic acids is 1. The van der Waals surface area contributed by atoms with Crippen molar-refractivity contribution >= 4 is 33.5 Å². The number of thiol groups is 1. The second-order valence-electron chi connectivity index (χ2n) is 4.98. The van der Waals surface area contributed by atoms with Gasteiger partial charge in [-0.15, -0.1) is 0 Å². The van der Waals surface area contributed by atoms with Crippen LogP contribution in [-0.2, 0) is 11.0 Å². The fraction of sp³-hybridized carbons (Fsp3) is 0.308. The number of halogens is 5. The molecule has 0 aromatic carbocycles. The number of carboxylic acid groups (broad SMARTS) is 1. The summed E-state index contributed by atoms with van der Waals surface area (Å²) in [6.07, 6.45) is -3.43. The molecular weight excluding hydrogens is 376 g/mol. The summed E-state index contributed by atoms with van der Waals surface area (Å²) in [4.78, 5) is 22.9. The number of aliphatic carboxylic acids is 1. The second-order valence-corrected chi connectivity index (χ2v) is 7.78. The van der Waals surface area contributed by atoms with Gasteiger partial charge in [0, 0.05) is 12.1 Å². The zero-order valence-corrected chi connectivity index (χ0v) is 13.7. The topological polar surface area (TPSA) is 72.2 Å². The summed E-state index contributed by atoms with van der Waals surface area (Å²) >= 11 is 5.91. The van der Waals surface area contributed by atoms with Crippen molar-refractivity contribution in [3.63, 3.8) is 0 Å². The van der Waals surface area contributed by atoms with Crippen LogP contribution in [0.1, 0.15) is 12.5 Å². The molecule has 0 spiro atoms. The highest BCUT2D eigenvalue weighted by atomic mass is 35.5. The van der Waals surface area contributed by atoms with Crippen LogP contribution >= 0.6 is 22.5 Å². The summed E-state index contributed by atoms with van der Waals surface area (Å²) in [6.45, 7) is 1.38. The minimum absolute atomic E-state index is 0.0131. The van der Waals surface area contributed by atoms with Crippen molar-refractivity contribution in [2.24, 2.45) is 5.92 Å². The van der Waals surface area contributed by atoms with Gasteiger partial charge in [-0.1, -0.05) is 18.5 Å². The summed E-state index contributed by atoms with van der Waals surface area (Å²) in [5.41, 5.74) is -2.43. The lowest BCUT2D eigenvalue weighted by Gasteiger charge is -2.22. The Balaban J connectivity index is 2.45. The lowest BCUT2D eigenvalue weighted by molar-refractivity contribution is -0.140. The lowest BCUT2D eigenvalue weighted by Crippen LogP contribution is -2.25. The Morgan fingerprint density at radius 3 is 2.62 bits per heavy atom. The third-order valence-electron chi connectivity index (χ3n) is 3.18. The zero-order valence-electron chi connectivity index (χ0n) is 12.0. The highest BCUT2D eigenvalue weighted by Gasteiger charge is 2.34. The van der Waals surface area contributed by atoms with Gasteiger partial charge in [-0.3, -0.25) is 9.59 Å². The maximum absolute atomic E-state index is 14.1. The van der Waals surface area contributed by atoms with Crippen LogP contribution in [0.2, 0.25) is 0 Å². The summed E-state index contributed by atoms with van der Waals surface area (Å²) in [6, 6.07) is 0.299. The first-order chi connectivity index (χ1) is 11.0. The summed E-state index contributed by atoms with van der Waals surface area (Å²) in [5.74, 6) is -3.01. The zero-order chi connectivity index (χ0) is 18.2. The van der Waals surface area contributed by atoms with E-state index in [9.17, 15) is 27.2 Å². The van der Waals surface area contributed by atoms with Crippen molar-refractivity contribution in [3.05, 3.63) is 44.4 Å². The number of nitrogens with zero attached hydrogens (tertiary/aromatic N) is 2. The molecule has 0 amide bonds. The number of hydrogen-bond donors (Lipinski definition) is 2. The molecule has 1 aromatic rings. The van der Waals surface area contributed by atoms with Gasteiger partial charge >= 0.3 is 12.1 Å². The first-order valence-electron chi connectivity index (χ1n) is 6.46. The molecule has 2 unspecified atom stereocenters. The molecule has 1 aromatic heterocycles. The first kappa shape index (κ1) is 18.5. The van der Waals surface area contributed by atoms with E-state index in [2.05, 4.69) is 5.10 Å². The van der Waals surface area contributed by atoms with Gasteiger partial charge in [0.25, 0.3) is 5.56 Å². The molecule has 0 bridgehead atoms. The minimum atomic E-state index is -4.76. The molecule has 0 radical (unpaired) electrons. The Kier molecular flexibility index (Phi) is 5.09. The SMILES string of the molecule is CC(C[SH]1C(Cl)=CC(F)=C1n1ncc(C(F)(F)F)cc1=O)C(=O)O. The molecule has 2 heterocycles. The van der Waals surface area contributed by atoms with E-state index in [1.54, 1.807) is 0 Å². The number of alkyl halides is 3. The maximum atomic E-state index is 14.1. The van der Waals surface area contributed by atoms with Crippen LogP contribution in [0.4, 0.5) is 17.6 Å². The summed E-state index contributed by atoms with van der Waals surface area (Å²) in [5, 5.41) is 12.0. The van der Waals surface area contributed by atoms with Gasteiger partial charge in [0.15, 0.2) is 5.83 Å². The second kappa shape index (κ2) is 6.60. The third kappa shape index (κ3) is 3.64. The monoisotopic (exact) mass is 386 g/mol. The van der Waals surface area contributed by atoms with E-state index in [1.165, 1.54) is 6.92 Å². The van der Waals surface area contributed by atoms with Gasteiger partial charge in [-0.25, -0.2) is 4.39 Å². The number of allylic oxidation sites excluding steroid dienone is 2. The molecule has 0 saturated heterocycles. The molecule has 0 fully saturated rings. The van der Waals surface area contributed by atoms with E-state index in [0.717, 1.165) is 6.08 Å². The standard InChI is InChI=1S/C13H11ClF4N2O3S/c1-6(12(22)23)5-24-9(14)3-8(15)11(24)20-10(21)2-7(4-19-20)13(16,17)18/h2-4,6,24H,5H2,1H3,(H,22,23). The van der Waals surface area contributed by atoms with E-state index in [0.29, 0.717) is 16.9 Å². The van der Waals surface area contributed by atoms with Gasteiger partial charge in [0.2, 0.25) is 0 Å². The maximum Gasteiger partial charge on any atom is 0.418 e. The molecule has 1 aliphatic rings. The van der Waals surface area contributed by atoms with Crippen molar-refractivity contribution < 1.29 is 27.5 Å². The molecule has 24 heavy (non-hydrogen) atoms. The van der Waals surface area contributed by atoms with E-state index in [-0.39, 0.29) is 15.1 Å². The van der Waals surface area contributed by atoms with E-state index >= 15 is 0 Å². The molecule has 2 atom stereocenters. The molecule has 5 nitrogen and oxygen atoms in total. The number of aromatic nitrogens is 2. The number of hydrogen-bond acceptors (Lipinski definition) is 3. The van der Waals surface area contributed by atoms with Crippen LogP contribution in [0, 0.1) is 5.92 Å². The minimum Gasteiger partial charge on any atom is -0.481 e. The van der Waals surface area contributed by atoms with Gasteiger partial charge in [0.1, 0.15) is 5.03 Å². The van der Waals surface area contributed by atoms with Crippen molar-refractivity contribution in [1.82, 2.24) is 9.78 Å². The van der Waals surface area contributed by atoms with Gasteiger partial charge in [0.05, 0.1) is 22.0 Å². The lowest BCUT2D eigenvalue weighted by atomic mass is 10.2. The molecule has 0 aliphatic carbocycles. The summed E-state index contributed by atoms with van der Waals surface area (Å²) in [7, 11) is -1.74. The molecule has 1 N–H and O–H groups in total. The van der Waals surface area contributed by atoms with Crippen molar-refractivity contribution in [1.29, 1.82) is 0 Å². The van der Waals surface area contributed by atoms with Crippen LogP contribution in [0.25, 0.3) is 5.03 Å². The average Bonchev–Trinajstić information content (AvgIpc) is 2.72. The highest BCUT2D eigenvalue weighted by Crippen LogP contribution is 2.55. The largest absolute Gasteiger partial charge is 0.481 e. The molecular formula is C13H11ClF4N2O3S. The van der Waals surface area contributed by atoms with Gasteiger partial charge in [-0.05, 0) is 5.75 Å². The van der Waals surface area contributed by atoms with Crippen LogP contribution in [0.15, 0.2) is 33.3 Å². The molecule has 2 rings (SSSR count). The van der Waals surface area contributed by atoms with E-state index in [1.807, 2.05) is 0 Å². The summed E-state index contributed by atoms with van der Waals surface area (Å²) < 4.78 is 52.4. The van der Waals surface area contributed by atoms with Crippen LogP contribution in [0.5, 0.6) is 0 Å². The molecule has 132 valence electrons. The van der Waals surface area contributed by atoms with E-state index in [4.69, 9.17) is 16.7 Å². The van der Waals surface area contributed by atoms with Crippen LogP contribution in [0.3, 0.4) is 0 Å². The normalized spacial score (nSPS) is 20.9. The fourth-order valence-corrected chi connectivity index (χ4v) is 4.71. The van der Waals surface area contributed by atoms with E-state index < -0.39 is 45.9 Å². The Hall–Kier alpha value is -1.81. The average molecular weight is 387 g/mol. The van der Waals surface area contributed by atoms with Crippen LogP contribution < -0.4 is 5.56 Å². The van der Waals surface area contributed by atoms with Crippen molar-refractivity contribution in [2.45, 2.75) is 13.1 Å². The fourth-order valence-electron chi connectivity index (χ4n) is 1.94. The van der Waals surface area contributed by atoms with Crippen LogP contribution in [-0.4, -0.2) is 26.6 Å². The Morgan fingerprint density at radius 1 is 1.50 bits per heavy atom.